The highest BCUT2D eigenvalue weighted by atomic mass is 35.5. The van der Waals surface area contributed by atoms with Crippen LogP contribution in [-0.2, 0) is 4.79 Å². The topological polar surface area (TPSA) is 41.1 Å². The summed E-state index contributed by atoms with van der Waals surface area (Å²) < 4.78 is 13.1. The van der Waals surface area contributed by atoms with Crippen molar-refractivity contribution in [1.29, 1.82) is 0 Å². The number of benzene rings is 3. The van der Waals surface area contributed by atoms with Gasteiger partial charge in [-0.15, -0.1) is 0 Å². The van der Waals surface area contributed by atoms with E-state index in [1.54, 1.807) is 0 Å². The third kappa shape index (κ3) is 4.94. The fourth-order valence-corrected chi connectivity index (χ4v) is 3.18. The summed E-state index contributed by atoms with van der Waals surface area (Å²) in [5, 5.41) is 6.83. The van der Waals surface area contributed by atoms with Crippen molar-refractivity contribution in [3.8, 4) is 0 Å². The van der Waals surface area contributed by atoms with Gasteiger partial charge in [0.15, 0.2) is 0 Å². The summed E-state index contributed by atoms with van der Waals surface area (Å²) in [6.45, 7) is 1.96. The highest BCUT2D eigenvalue weighted by Gasteiger charge is 2.23. The molecule has 0 aliphatic carbocycles. The monoisotopic (exact) mass is 382 g/mol. The summed E-state index contributed by atoms with van der Waals surface area (Å²) >= 11 is 6.30. The van der Waals surface area contributed by atoms with Crippen molar-refractivity contribution in [1.82, 2.24) is 5.32 Å². The first-order chi connectivity index (χ1) is 13.0. The maximum atomic E-state index is 13.1. The maximum Gasteiger partial charge on any atom is 0.246 e. The second-order valence-corrected chi connectivity index (χ2v) is 6.66. The Balaban J connectivity index is 1.84. The van der Waals surface area contributed by atoms with Gasteiger partial charge in [0, 0.05) is 16.8 Å². The van der Waals surface area contributed by atoms with Gasteiger partial charge in [-0.25, -0.2) is 4.39 Å². The number of hydrogen-bond donors (Lipinski definition) is 2. The van der Waals surface area contributed by atoms with E-state index in [9.17, 15) is 9.18 Å². The van der Waals surface area contributed by atoms with E-state index in [0.717, 1.165) is 11.1 Å². The van der Waals surface area contributed by atoms with E-state index in [-0.39, 0.29) is 17.8 Å². The molecular weight excluding hydrogens is 363 g/mol. The number of carbonyl (C=O) groups excluding carboxylic acids is 1. The minimum atomic E-state index is -0.595. The maximum absolute atomic E-state index is 13.1. The molecule has 0 spiro atoms. The fraction of sp³-hybridized carbons (Fsp3) is 0.136. The van der Waals surface area contributed by atoms with Crippen LogP contribution in [0.5, 0.6) is 0 Å². The molecule has 0 radical (unpaired) electrons. The van der Waals surface area contributed by atoms with Crippen molar-refractivity contribution < 1.29 is 9.18 Å². The van der Waals surface area contributed by atoms with Crippen molar-refractivity contribution in [3.05, 3.63) is 101 Å². The van der Waals surface area contributed by atoms with Gasteiger partial charge in [0.1, 0.15) is 11.9 Å². The molecule has 3 rings (SSSR count). The summed E-state index contributed by atoms with van der Waals surface area (Å²) in [5.41, 5.74) is 2.28. The van der Waals surface area contributed by atoms with E-state index in [4.69, 9.17) is 11.6 Å². The Morgan fingerprint density at radius 3 is 2.22 bits per heavy atom. The van der Waals surface area contributed by atoms with E-state index in [2.05, 4.69) is 10.6 Å². The van der Waals surface area contributed by atoms with Crippen LogP contribution in [-0.4, -0.2) is 5.91 Å². The molecule has 1 amide bonds. The van der Waals surface area contributed by atoms with Crippen molar-refractivity contribution >= 4 is 23.2 Å². The Morgan fingerprint density at radius 1 is 0.926 bits per heavy atom. The van der Waals surface area contributed by atoms with Crippen LogP contribution in [0.2, 0.25) is 5.02 Å². The van der Waals surface area contributed by atoms with Crippen LogP contribution in [0.3, 0.4) is 0 Å². The van der Waals surface area contributed by atoms with E-state index in [1.807, 2.05) is 61.5 Å². The van der Waals surface area contributed by atoms with Crippen LogP contribution in [0.4, 0.5) is 10.1 Å². The Kier molecular flexibility index (Phi) is 6.22. The summed E-state index contributed by atoms with van der Waals surface area (Å²) in [7, 11) is 0. The van der Waals surface area contributed by atoms with Crippen molar-refractivity contribution in [3.63, 3.8) is 0 Å². The van der Waals surface area contributed by atoms with Crippen molar-refractivity contribution in [2.24, 2.45) is 0 Å². The molecule has 0 saturated carbocycles. The van der Waals surface area contributed by atoms with E-state index >= 15 is 0 Å². The zero-order valence-electron chi connectivity index (χ0n) is 14.8. The molecule has 0 fully saturated rings. The molecule has 2 N–H and O–H groups in total. The van der Waals surface area contributed by atoms with Gasteiger partial charge in [-0.2, -0.15) is 0 Å². The van der Waals surface area contributed by atoms with Crippen LogP contribution in [0, 0.1) is 5.82 Å². The average molecular weight is 383 g/mol. The first-order valence-electron chi connectivity index (χ1n) is 8.66. The summed E-state index contributed by atoms with van der Waals surface area (Å²) in [5.74, 6) is -0.579. The number of rotatable bonds is 6. The molecule has 0 unspecified atom stereocenters. The summed E-state index contributed by atoms with van der Waals surface area (Å²) in [6.07, 6.45) is 0. The van der Waals surface area contributed by atoms with Crippen molar-refractivity contribution in [2.45, 2.75) is 19.0 Å². The number of amides is 1. The van der Waals surface area contributed by atoms with Gasteiger partial charge in [0.25, 0.3) is 0 Å². The average Bonchev–Trinajstić information content (AvgIpc) is 2.68. The quantitative estimate of drug-likeness (QED) is 0.590. The second-order valence-electron chi connectivity index (χ2n) is 6.25. The van der Waals surface area contributed by atoms with Gasteiger partial charge in [0.2, 0.25) is 5.91 Å². The Hall–Kier alpha value is -2.69. The summed E-state index contributed by atoms with van der Waals surface area (Å²) in [4.78, 5) is 12.9. The van der Waals surface area contributed by atoms with Crippen LogP contribution in [0.1, 0.15) is 30.1 Å². The molecule has 27 heavy (non-hydrogen) atoms. The first kappa shape index (κ1) is 19.1. The minimum Gasteiger partial charge on any atom is -0.324 e. The predicted octanol–water partition coefficient (Wildman–Crippen LogP) is 5.51. The molecule has 5 heteroatoms. The highest BCUT2D eigenvalue weighted by molar-refractivity contribution is 6.31. The van der Waals surface area contributed by atoms with Gasteiger partial charge < -0.3 is 5.32 Å². The second kappa shape index (κ2) is 8.80. The molecular formula is C22H20ClFN2O. The van der Waals surface area contributed by atoms with Crippen LogP contribution in [0.25, 0.3) is 0 Å². The third-order valence-corrected chi connectivity index (χ3v) is 4.64. The lowest BCUT2D eigenvalue weighted by molar-refractivity contribution is -0.118. The predicted molar refractivity (Wildman–Crippen MR) is 107 cm³/mol. The lowest BCUT2D eigenvalue weighted by Crippen LogP contribution is -2.34. The molecule has 0 aliphatic rings. The van der Waals surface area contributed by atoms with Crippen LogP contribution in [0.15, 0.2) is 78.9 Å². The van der Waals surface area contributed by atoms with Gasteiger partial charge in [-0.05, 0) is 48.4 Å². The number of anilines is 1. The zero-order chi connectivity index (χ0) is 19.2. The minimum absolute atomic E-state index is 0.150. The lowest BCUT2D eigenvalue weighted by atomic mass is 10.0. The third-order valence-electron chi connectivity index (χ3n) is 4.30. The number of carbonyl (C=O) groups is 1. The van der Waals surface area contributed by atoms with E-state index < -0.39 is 6.04 Å². The molecule has 0 bridgehead atoms. The smallest absolute Gasteiger partial charge is 0.246 e. The molecule has 3 nitrogen and oxygen atoms in total. The van der Waals surface area contributed by atoms with Gasteiger partial charge in [0.05, 0.1) is 0 Å². The zero-order valence-corrected chi connectivity index (χ0v) is 15.6. The standard InChI is InChI=1S/C22H20ClFN2O/c1-15(19-9-5-6-10-20(19)23)25-21(16-7-3-2-4-8-16)22(27)26-18-13-11-17(24)12-14-18/h2-15,21,25H,1H3,(H,26,27)/t15-,21+/m1/s1. The Morgan fingerprint density at radius 2 is 1.56 bits per heavy atom. The normalized spacial score (nSPS) is 13.0. The highest BCUT2D eigenvalue weighted by Crippen LogP contribution is 2.26. The Labute approximate surface area is 163 Å². The fourth-order valence-electron chi connectivity index (χ4n) is 2.88. The molecule has 0 aromatic heterocycles. The molecule has 0 aliphatic heterocycles. The van der Waals surface area contributed by atoms with Crippen LogP contribution < -0.4 is 10.6 Å². The Bertz CT molecular complexity index is 900. The van der Waals surface area contributed by atoms with Gasteiger partial charge in [-0.3, -0.25) is 10.1 Å². The van der Waals surface area contributed by atoms with E-state index in [1.165, 1.54) is 24.3 Å². The molecule has 3 aromatic carbocycles. The number of nitrogens with one attached hydrogen (secondary N) is 2. The SMILES string of the molecule is C[C@@H](N[C@H](C(=O)Nc1ccc(F)cc1)c1ccccc1)c1ccccc1Cl. The van der Waals surface area contributed by atoms with E-state index in [0.29, 0.717) is 10.7 Å². The molecule has 0 saturated heterocycles. The molecule has 0 heterocycles. The summed E-state index contributed by atoms with van der Waals surface area (Å²) in [6, 6.07) is 21.9. The van der Waals surface area contributed by atoms with Crippen LogP contribution >= 0.6 is 11.6 Å². The lowest BCUT2D eigenvalue weighted by Gasteiger charge is -2.24. The number of halogens is 2. The molecule has 3 aromatic rings. The largest absolute Gasteiger partial charge is 0.324 e. The van der Waals surface area contributed by atoms with Gasteiger partial charge in [-0.1, -0.05) is 60.1 Å². The molecule has 2 atom stereocenters. The molecule has 138 valence electrons. The number of hydrogen-bond acceptors (Lipinski definition) is 2. The first-order valence-corrected chi connectivity index (χ1v) is 9.04. The van der Waals surface area contributed by atoms with Crippen molar-refractivity contribution in [2.75, 3.05) is 5.32 Å². The van der Waals surface area contributed by atoms with Gasteiger partial charge >= 0.3 is 0 Å².